The third-order valence-electron chi connectivity index (χ3n) is 6.37. The van der Waals surface area contributed by atoms with E-state index in [0.29, 0.717) is 37.4 Å². The highest BCUT2D eigenvalue weighted by atomic mass is 19.1. The zero-order valence-corrected chi connectivity index (χ0v) is 18.6. The lowest BCUT2D eigenvalue weighted by Crippen LogP contribution is -2.46. The summed E-state index contributed by atoms with van der Waals surface area (Å²) >= 11 is 0. The molecule has 10 heteroatoms. The van der Waals surface area contributed by atoms with Crippen LogP contribution >= 0.6 is 0 Å². The van der Waals surface area contributed by atoms with Gasteiger partial charge in [0.2, 0.25) is 0 Å². The zero-order valence-electron chi connectivity index (χ0n) is 18.6. The van der Waals surface area contributed by atoms with Crippen LogP contribution in [0.15, 0.2) is 29.2 Å². The molecule has 34 heavy (non-hydrogen) atoms. The van der Waals surface area contributed by atoms with Crippen LogP contribution in [0.4, 0.5) is 18.9 Å². The highest BCUT2D eigenvalue weighted by Crippen LogP contribution is 2.25. The minimum absolute atomic E-state index is 0.0481. The van der Waals surface area contributed by atoms with E-state index in [0.717, 1.165) is 12.8 Å². The van der Waals surface area contributed by atoms with Crippen LogP contribution in [-0.2, 0) is 6.54 Å². The Morgan fingerprint density at radius 3 is 2.53 bits per heavy atom. The number of aromatic nitrogens is 2. The first-order valence-corrected chi connectivity index (χ1v) is 11.2. The van der Waals surface area contributed by atoms with E-state index >= 15 is 4.39 Å². The van der Waals surface area contributed by atoms with Crippen LogP contribution in [0.3, 0.4) is 0 Å². The van der Waals surface area contributed by atoms with Gasteiger partial charge in [-0.1, -0.05) is 0 Å². The van der Waals surface area contributed by atoms with Gasteiger partial charge >= 0.3 is 0 Å². The molecule has 2 aliphatic rings. The van der Waals surface area contributed by atoms with Crippen molar-refractivity contribution in [1.29, 1.82) is 0 Å². The molecule has 3 aromatic rings. The second kappa shape index (κ2) is 8.75. The van der Waals surface area contributed by atoms with E-state index in [-0.39, 0.29) is 34.7 Å². The summed E-state index contributed by atoms with van der Waals surface area (Å²) in [5, 5.41) is 2.77. The van der Waals surface area contributed by atoms with Gasteiger partial charge in [-0.15, -0.1) is 0 Å². The molecule has 1 aliphatic carbocycles. The smallest absolute Gasteiger partial charge is 0.273 e. The number of aromatic amines is 1. The normalized spacial score (nSPS) is 16.8. The molecule has 178 valence electrons. The molecule has 2 N–H and O–H groups in total. The van der Waals surface area contributed by atoms with Gasteiger partial charge in [-0.2, -0.15) is 0 Å². The molecule has 0 unspecified atom stereocenters. The van der Waals surface area contributed by atoms with Gasteiger partial charge in [0.25, 0.3) is 11.5 Å². The quantitative estimate of drug-likeness (QED) is 0.598. The van der Waals surface area contributed by atoms with Crippen molar-refractivity contribution in [3.05, 3.63) is 69.0 Å². The van der Waals surface area contributed by atoms with Gasteiger partial charge in [0.05, 0.1) is 17.4 Å². The predicted octanol–water partition coefficient (Wildman–Crippen LogP) is 2.86. The molecule has 1 aliphatic heterocycles. The maximum absolute atomic E-state index is 15.0. The van der Waals surface area contributed by atoms with Gasteiger partial charge in [0.1, 0.15) is 5.82 Å². The number of pyridine rings is 2. The van der Waals surface area contributed by atoms with Crippen LogP contribution < -0.4 is 15.8 Å². The number of aryl methyl sites for hydroxylation is 1. The third-order valence-corrected chi connectivity index (χ3v) is 6.37. The summed E-state index contributed by atoms with van der Waals surface area (Å²) in [6.07, 6.45) is 3.30. The molecular weight excluding hydrogens is 447 g/mol. The minimum Gasteiger partial charge on any atom is -0.368 e. The monoisotopic (exact) mass is 471 g/mol. The van der Waals surface area contributed by atoms with Gasteiger partial charge in [-0.3, -0.25) is 14.5 Å². The van der Waals surface area contributed by atoms with Gasteiger partial charge < -0.3 is 15.2 Å². The number of carbonyl (C=O) groups excluding carboxylic acids is 1. The van der Waals surface area contributed by atoms with Crippen molar-refractivity contribution in [3.63, 3.8) is 0 Å². The van der Waals surface area contributed by atoms with E-state index in [4.69, 9.17) is 0 Å². The van der Waals surface area contributed by atoms with E-state index in [1.807, 2.05) is 9.80 Å². The highest BCUT2D eigenvalue weighted by molar-refractivity contribution is 5.93. The summed E-state index contributed by atoms with van der Waals surface area (Å²) < 4.78 is 44.1. The van der Waals surface area contributed by atoms with Crippen LogP contribution in [-0.4, -0.2) is 53.0 Å². The largest absolute Gasteiger partial charge is 0.368 e. The summed E-state index contributed by atoms with van der Waals surface area (Å²) in [7, 11) is 0. The fourth-order valence-electron chi connectivity index (χ4n) is 4.22. The summed E-state index contributed by atoms with van der Waals surface area (Å²) in [4.78, 5) is 34.3. The molecule has 3 heterocycles. The van der Waals surface area contributed by atoms with Crippen molar-refractivity contribution < 1.29 is 18.0 Å². The lowest BCUT2D eigenvalue weighted by atomic mass is 10.1. The molecule has 2 aromatic heterocycles. The molecule has 1 saturated heterocycles. The fraction of sp³-hybridized carbons (Fsp3) is 0.375. The Bertz CT molecular complexity index is 1330. The van der Waals surface area contributed by atoms with Gasteiger partial charge in [-0.25, -0.2) is 18.2 Å². The lowest BCUT2D eigenvalue weighted by Gasteiger charge is -2.36. The lowest BCUT2D eigenvalue weighted by molar-refractivity contribution is 0.0941. The first-order chi connectivity index (χ1) is 16.3. The second-order valence-corrected chi connectivity index (χ2v) is 8.94. The minimum atomic E-state index is -0.670. The molecule has 7 nitrogen and oxygen atoms in total. The van der Waals surface area contributed by atoms with Crippen molar-refractivity contribution in [3.8, 4) is 0 Å². The number of hydrogen-bond donors (Lipinski definition) is 2. The number of amides is 1. The Balaban J connectivity index is 1.26. The van der Waals surface area contributed by atoms with Gasteiger partial charge in [0.15, 0.2) is 17.3 Å². The van der Waals surface area contributed by atoms with E-state index in [2.05, 4.69) is 15.3 Å². The third kappa shape index (κ3) is 4.37. The number of nitrogens with one attached hydrogen (secondary N) is 2. The van der Waals surface area contributed by atoms with Gasteiger partial charge in [0, 0.05) is 61.3 Å². The second-order valence-electron chi connectivity index (χ2n) is 8.94. The Kier molecular flexibility index (Phi) is 5.76. The summed E-state index contributed by atoms with van der Waals surface area (Å²) in [5.41, 5.74) is 0.256. The number of nitrogens with zero attached hydrogens (tertiary/aromatic N) is 3. The van der Waals surface area contributed by atoms with Crippen LogP contribution in [0.1, 0.15) is 34.5 Å². The van der Waals surface area contributed by atoms with Crippen LogP contribution in [0.2, 0.25) is 0 Å². The number of halogens is 3. The van der Waals surface area contributed by atoms with Gasteiger partial charge in [-0.05, 0) is 31.9 Å². The van der Waals surface area contributed by atoms with Crippen molar-refractivity contribution >= 4 is 22.5 Å². The molecule has 1 aromatic carbocycles. The molecule has 0 radical (unpaired) electrons. The molecule has 1 saturated carbocycles. The molecule has 0 bridgehead atoms. The SMILES string of the molecule is Cc1cc2c(F)cc(CN3CCN(c4cnc(C(=O)NC5CC5)c(F)c4)CC3)c(F)c2[nH]c1=O. The van der Waals surface area contributed by atoms with Crippen LogP contribution in [0, 0.1) is 24.4 Å². The molecular formula is C24H24F3N5O2. The van der Waals surface area contributed by atoms with Crippen LogP contribution in [0.5, 0.6) is 0 Å². The van der Waals surface area contributed by atoms with Crippen molar-refractivity contribution in [2.24, 2.45) is 0 Å². The molecule has 0 spiro atoms. The highest BCUT2D eigenvalue weighted by Gasteiger charge is 2.27. The van der Waals surface area contributed by atoms with Crippen molar-refractivity contribution in [1.82, 2.24) is 20.2 Å². The summed E-state index contributed by atoms with van der Waals surface area (Å²) in [5.74, 6) is -2.40. The standard InChI is InChI=1S/C24H24F3N5O2/c1-13-8-17-18(25)9-14(20(27)21(17)30-23(13)33)12-31-4-6-32(7-5-31)16-10-19(26)22(28-11-16)24(34)29-15-2-3-15/h8-11,15H,2-7,12H2,1H3,(H,29,34)(H,30,33). The van der Waals surface area contributed by atoms with E-state index in [1.54, 1.807) is 6.92 Å². The number of H-pyrrole nitrogens is 1. The fourth-order valence-corrected chi connectivity index (χ4v) is 4.22. The summed E-state index contributed by atoms with van der Waals surface area (Å²) in [6, 6.07) is 3.95. The number of fused-ring (bicyclic) bond motifs is 1. The maximum atomic E-state index is 15.0. The van der Waals surface area contributed by atoms with Crippen molar-refractivity contribution in [2.45, 2.75) is 32.4 Å². The van der Waals surface area contributed by atoms with E-state index in [1.165, 1.54) is 24.4 Å². The van der Waals surface area contributed by atoms with E-state index in [9.17, 15) is 18.4 Å². The number of piperazine rings is 1. The number of anilines is 1. The average molecular weight is 471 g/mol. The first kappa shape index (κ1) is 22.4. The summed E-state index contributed by atoms with van der Waals surface area (Å²) in [6.45, 7) is 3.85. The number of rotatable bonds is 5. The molecule has 5 rings (SSSR count). The Morgan fingerprint density at radius 2 is 1.85 bits per heavy atom. The number of benzene rings is 1. The topological polar surface area (TPSA) is 81.3 Å². The predicted molar refractivity (Wildman–Crippen MR) is 121 cm³/mol. The maximum Gasteiger partial charge on any atom is 0.273 e. The molecule has 0 atom stereocenters. The Hall–Kier alpha value is -3.40. The average Bonchev–Trinajstić information content (AvgIpc) is 3.63. The Labute approximate surface area is 193 Å². The van der Waals surface area contributed by atoms with E-state index < -0.39 is 28.9 Å². The van der Waals surface area contributed by atoms with Crippen molar-refractivity contribution in [2.75, 3.05) is 31.1 Å². The molecule has 1 amide bonds. The van der Waals surface area contributed by atoms with Crippen LogP contribution in [0.25, 0.3) is 10.9 Å². The zero-order chi connectivity index (χ0) is 24.0. The first-order valence-electron chi connectivity index (χ1n) is 11.2. The number of carbonyl (C=O) groups is 1. The Morgan fingerprint density at radius 1 is 1.12 bits per heavy atom. The number of hydrogen-bond acceptors (Lipinski definition) is 5. The molecule has 2 fully saturated rings.